The van der Waals surface area contributed by atoms with E-state index in [1.807, 2.05) is 24.1 Å². The highest BCUT2D eigenvalue weighted by Crippen LogP contribution is 2.27. The molecule has 2 heterocycles. The summed E-state index contributed by atoms with van der Waals surface area (Å²) in [5.74, 6) is -0.639. The van der Waals surface area contributed by atoms with Crippen LogP contribution in [0.2, 0.25) is 5.02 Å². The van der Waals surface area contributed by atoms with Crippen molar-refractivity contribution in [2.75, 3.05) is 44.7 Å². The van der Waals surface area contributed by atoms with Crippen LogP contribution in [0.5, 0.6) is 0 Å². The fourth-order valence-electron chi connectivity index (χ4n) is 3.03. The van der Waals surface area contributed by atoms with Gasteiger partial charge < -0.3 is 14.7 Å². The minimum absolute atomic E-state index is 0.0189. The summed E-state index contributed by atoms with van der Waals surface area (Å²) in [5, 5.41) is 0.639. The maximum absolute atomic E-state index is 12.6. The summed E-state index contributed by atoms with van der Waals surface area (Å²) in [4.78, 5) is 30.9. The number of anilines is 1. The Bertz CT molecular complexity index is 567. The number of amides is 2. The van der Waals surface area contributed by atoms with Crippen LogP contribution in [0.1, 0.15) is 6.42 Å². The van der Waals surface area contributed by atoms with Gasteiger partial charge in [-0.25, -0.2) is 0 Å². The maximum Gasteiger partial charge on any atom is 0.239 e. The van der Waals surface area contributed by atoms with Gasteiger partial charge >= 0.3 is 0 Å². The third kappa shape index (κ3) is 2.96. The van der Waals surface area contributed by atoms with Crippen LogP contribution in [-0.4, -0.2) is 61.4 Å². The van der Waals surface area contributed by atoms with Crippen molar-refractivity contribution in [3.63, 3.8) is 0 Å². The average Bonchev–Trinajstić information content (AvgIpc) is 2.90. The Morgan fingerprint density at radius 3 is 2.36 bits per heavy atom. The molecule has 0 aromatic heterocycles. The monoisotopic (exact) mass is 321 g/mol. The van der Waals surface area contributed by atoms with Gasteiger partial charge in [0.15, 0.2) is 0 Å². The number of hydrogen-bond donors (Lipinski definition) is 0. The van der Waals surface area contributed by atoms with E-state index in [4.69, 9.17) is 11.6 Å². The van der Waals surface area contributed by atoms with Crippen molar-refractivity contribution in [1.82, 2.24) is 9.80 Å². The van der Waals surface area contributed by atoms with Crippen LogP contribution in [-0.2, 0) is 9.59 Å². The van der Waals surface area contributed by atoms with E-state index in [1.165, 1.54) is 0 Å². The Morgan fingerprint density at radius 1 is 1.09 bits per heavy atom. The summed E-state index contributed by atoms with van der Waals surface area (Å²) in [6, 6.07) is 7.17. The molecule has 0 bridgehead atoms. The van der Waals surface area contributed by atoms with Crippen LogP contribution in [0, 0.1) is 5.92 Å². The van der Waals surface area contributed by atoms with E-state index in [1.54, 1.807) is 17.0 Å². The molecule has 1 aromatic rings. The second-order valence-electron chi connectivity index (χ2n) is 5.94. The predicted molar refractivity (Wildman–Crippen MR) is 86.0 cm³/mol. The standard InChI is InChI=1S/C16H20ClN3O2/c1-18-8-10-19(11-9-18)15(21)14-6-7-20(16(14)22)13-4-2-12(17)3-5-13/h2-5,14H,6-11H2,1H3. The van der Waals surface area contributed by atoms with Crippen LogP contribution in [0.25, 0.3) is 0 Å². The Hall–Kier alpha value is -1.59. The fourth-order valence-corrected chi connectivity index (χ4v) is 3.16. The number of carbonyl (C=O) groups is 2. The Kier molecular flexibility index (Phi) is 4.36. The first-order valence-corrected chi connectivity index (χ1v) is 7.98. The highest BCUT2D eigenvalue weighted by molar-refractivity contribution is 6.30. The molecule has 0 radical (unpaired) electrons. The molecule has 0 aliphatic carbocycles. The van der Waals surface area contributed by atoms with Gasteiger partial charge in [0.1, 0.15) is 5.92 Å². The molecule has 118 valence electrons. The number of likely N-dealkylation sites (N-methyl/N-ethyl adjacent to an activating group) is 1. The first kappa shape index (κ1) is 15.3. The lowest BCUT2D eigenvalue weighted by atomic mass is 10.1. The summed E-state index contributed by atoms with van der Waals surface area (Å²) in [6.07, 6.45) is 0.590. The highest BCUT2D eigenvalue weighted by atomic mass is 35.5. The molecule has 0 saturated carbocycles. The van der Waals surface area contributed by atoms with Crippen LogP contribution in [0.4, 0.5) is 5.69 Å². The van der Waals surface area contributed by atoms with Crippen molar-refractivity contribution in [3.8, 4) is 0 Å². The molecule has 2 saturated heterocycles. The quantitative estimate of drug-likeness (QED) is 0.775. The van der Waals surface area contributed by atoms with E-state index in [0.29, 0.717) is 31.1 Å². The van der Waals surface area contributed by atoms with Crippen molar-refractivity contribution in [2.45, 2.75) is 6.42 Å². The molecule has 2 amide bonds. The summed E-state index contributed by atoms with van der Waals surface area (Å²) in [5.41, 5.74) is 0.808. The Balaban J connectivity index is 1.68. The van der Waals surface area contributed by atoms with Crippen molar-refractivity contribution >= 4 is 29.1 Å². The third-order valence-electron chi connectivity index (χ3n) is 4.46. The Labute approximate surface area is 135 Å². The molecule has 0 N–H and O–H groups in total. The van der Waals surface area contributed by atoms with E-state index < -0.39 is 5.92 Å². The molecular formula is C16H20ClN3O2. The summed E-state index contributed by atoms with van der Waals surface area (Å²) < 4.78 is 0. The molecule has 1 atom stereocenters. The Morgan fingerprint density at radius 2 is 1.73 bits per heavy atom. The zero-order chi connectivity index (χ0) is 15.7. The van der Waals surface area contributed by atoms with Gasteiger partial charge in [0, 0.05) is 43.4 Å². The van der Waals surface area contributed by atoms with Crippen molar-refractivity contribution in [1.29, 1.82) is 0 Å². The van der Waals surface area contributed by atoms with E-state index in [9.17, 15) is 9.59 Å². The molecule has 3 rings (SSSR count). The lowest BCUT2D eigenvalue weighted by Crippen LogP contribution is -2.50. The van der Waals surface area contributed by atoms with Crippen LogP contribution < -0.4 is 4.90 Å². The second kappa shape index (κ2) is 6.26. The molecule has 22 heavy (non-hydrogen) atoms. The van der Waals surface area contributed by atoms with E-state index in [0.717, 1.165) is 18.8 Å². The van der Waals surface area contributed by atoms with Gasteiger partial charge in [-0.15, -0.1) is 0 Å². The highest BCUT2D eigenvalue weighted by Gasteiger charge is 2.40. The first-order chi connectivity index (χ1) is 10.6. The number of hydrogen-bond acceptors (Lipinski definition) is 3. The number of carbonyl (C=O) groups excluding carboxylic acids is 2. The van der Waals surface area contributed by atoms with E-state index in [-0.39, 0.29) is 11.8 Å². The molecule has 2 aliphatic heterocycles. The summed E-state index contributed by atoms with van der Waals surface area (Å²) in [7, 11) is 2.05. The van der Waals surface area contributed by atoms with Gasteiger partial charge in [0.05, 0.1) is 0 Å². The van der Waals surface area contributed by atoms with Crippen molar-refractivity contribution in [3.05, 3.63) is 29.3 Å². The van der Waals surface area contributed by atoms with Crippen molar-refractivity contribution < 1.29 is 9.59 Å². The molecular weight excluding hydrogens is 302 g/mol. The normalized spacial score (nSPS) is 23.2. The molecule has 0 spiro atoms. The zero-order valence-electron chi connectivity index (χ0n) is 12.7. The van der Waals surface area contributed by atoms with Gasteiger partial charge in [0.2, 0.25) is 11.8 Å². The van der Waals surface area contributed by atoms with Crippen LogP contribution >= 0.6 is 11.6 Å². The topological polar surface area (TPSA) is 43.9 Å². The SMILES string of the molecule is CN1CCN(C(=O)C2CCN(c3ccc(Cl)cc3)C2=O)CC1. The summed E-state index contributed by atoms with van der Waals surface area (Å²) in [6.45, 7) is 3.74. The minimum Gasteiger partial charge on any atom is -0.339 e. The number of rotatable bonds is 2. The largest absolute Gasteiger partial charge is 0.339 e. The van der Waals surface area contributed by atoms with E-state index in [2.05, 4.69) is 4.90 Å². The van der Waals surface area contributed by atoms with Gasteiger partial charge in [-0.05, 0) is 37.7 Å². The molecule has 1 unspecified atom stereocenters. The van der Waals surface area contributed by atoms with Gasteiger partial charge in [-0.3, -0.25) is 9.59 Å². The van der Waals surface area contributed by atoms with Crippen LogP contribution in [0.3, 0.4) is 0 Å². The molecule has 6 heteroatoms. The smallest absolute Gasteiger partial charge is 0.239 e. The van der Waals surface area contributed by atoms with Crippen LogP contribution in [0.15, 0.2) is 24.3 Å². The zero-order valence-corrected chi connectivity index (χ0v) is 13.4. The van der Waals surface area contributed by atoms with Gasteiger partial charge in [-0.1, -0.05) is 11.6 Å². The fraction of sp³-hybridized carbons (Fsp3) is 0.500. The number of benzene rings is 1. The lowest BCUT2D eigenvalue weighted by Gasteiger charge is -2.33. The van der Waals surface area contributed by atoms with Gasteiger partial charge in [0.25, 0.3) is 0 Å². The number of halogens is 1. The maximum atomic E-state index is 12.6. The van der Waals surface area contributed by atoms with Crippen molar-refractivity contribution in [2.24, 2.45) is 5.92 Å². The molecule has 2 fully saturated rings. The molecule has 2 aliphatic rings. The lowest BCUT2D eigenvalue weighted by molar-refractivity contribution is -0.141. The first-order valence-electron chi connectivity index (χ1n) is 7.60. The second-order valence-corrected chi connectivity index (χ2v) is 6.37. The number of nitrogens with zero attached hydrogens (tertiary/aromatic N) is 3. The minimum atomic E-state index is -0.529. The predicted octanol–water partition coefficient (Wildman–Crippen LogP) is 1.47. The summed E-state index contributed by atoms with van der Waals surface area (Å²) >= 11 is 5.88. The van der Waals surface area contributed by atoms with E-state index >= 15 is 0 Å². The average molecular weight is 322 g/mol. The third-order valence-corrected chi connectivity index (χ3v) is 4.71. The number of piperazine rings is 1. The molecule has 5 nitrogen and oxygen atoms in total. The molecule has 1 aromatic carbocycles. The van der Waals surface area contributed by atoms with Gasteiger partial charge in [-0.2, -0.15) is 0 Å².